The van der Waals surface area contributed by atoms with Crippen molar-refractivity contribution in [2.24, 2.45) is 0 Å². The molecule has 4 rings (SSSR count). The normalized spacial score (nSPS) is 30.9. The summed E-state index contributed by atoms with van der Waals surface area (Å²) in [5.74, 6) is 0. The molecule has 2 aliphatic rings. The Hall–Kier alpha value is -1.35. The molecule has 22 heavy (non-hydrogen) atoms. The van der Waals surface area contributed by atoms with Crippen LogP contribution in [0.4, 0.5) is 0 Å². The number of fused-ring (bicyclic) bond motifs is 2. The first-order valence-electron chi connectivity index (χ1n) is 7.37. The van der Waals surface area contributed by atoms with Gasteiger partial charge in [-0.1, -0.05) is 5.21 Å². The second-order valence-corrected chi connectivity index (χ2v) is 7.22. The van der Waals surface area contributed by atoms with E-state index in [4.69, 9.17) is 9.47 Å². The minimum atomic E-state index is -1.20. The number of ether oxygens (including phenoxy) is 2. The first kappa shape index (κ1) is 14.3. The Morgan fingerprint density at radius 3 is 3.14 bits per heavy atom. The molecule has 0 saturated carbocycles. The monoisotopic (exact) mass is 322 g/mol. The van der Waals surface area contributed by atoms with Crippen molar-refractivity contribution in [2.75, 3.05) is 6.61 Å². The smallest absolute Gasteiger partial charge is 0.192 e. The second-order valence-electron chi connectivity index (χ2n) is 5.93. The third-order valence-corrected chi connectivity index (χ3v) is 5.33. The summed E-state index contributed by atoms with van der Waals surface area (Å²) >= 11 is 1.65. The maximum Gasteiger partial charge on any atom is 0.192 e. The molecule has 4 heterocycles. The fraction of sp³-hybridized carbons (Fsp3) is 0.643. The molecule has 1 N–H and O–H groups in total. The lowest BCUT2D eigenvalue weighted by Crippen LogP contribution is -2.44. The summed E-state index contributed by atoms with van der Waals surface area (Å²) < 4.78 is 12.9. The lowest BCUT2D eigenvalue weighted by Gasteiger charge is -2.34. The highest BCUT2D eigenvalue weighted by atomic mass is 32.1. The summed E-state index contributed by atoms with van der Waals surface area (Å²) in [5.41, 5.74) is 0.321. The van der Waals surface area contributed by atoms with Crippen LogP contribution in [-0.2, 0) is 21.6 Å². The zero-order valence-corrected chi connectivity index (χ0v) is 13.3. The minimum absolute atomic E-state index is 0.100. The van der Waals surface area contributed by atoms with Crippen LogP contribution in [0.25, 0.3) is 0 Å². The van der Waals surface area contributed by atoms with E-state index in [-0.39, 0.29) is 6.10 Å². The largest absolute Gasteiger partial charge is 0.378 e. The number of aliphatic hydroxyl groups is 1. The molecule has 118 valence electrons. The van der Waals surface area contributed by atoms with Gasteiger partial charge in [0, 0.05) is 4.88 Å². The lowest BCUT2D eigenvalue weighted by molar-refractivity contribution is -0.219. The zero-order chi connectivity index (χ0) is 15.3. The Morgan fingerprint density at radius 1 is 1.50 bits per heavy atom. The first-order chi connectivity index (χ1) is 10.5. The first-order valence-corrected chi connectivity index (χ1v) is 8.19. The molecule has 0 spiro atoms. The molecule has 2 bridgehead atoms. The number of nitrogens with zero attached hydrogens (tertiary/aromatic N) is 4. The Balaban J connectivity index is 1.57. The predicted molar refractivity (Wildman–Crippen MR) is 78.5 cm³/mol. The van der Waals surface area contributed by atoms with E-state index in [2.05, 4.69) is 15.3 Å². The summed E-state index contributed by atoms with van der Waals surface area (Å²) in [6.07, 6.45) is 2.60. The molecule has 2 aliphatic heterocycles. The van der Waals surface area contributed by atoms with E-state index in [1.54, 1.807) is 22.2 Å². The van der Waals surface area contributed by atoms with E-state index in [0.717, 1.165) is 22.0 Å². The maximum atomic E-state index is 10.9. The highest BCUT2D eigenvalue weighted by molar-refractivity contribution is 7.11. The molecule has 0 radical (unpaired) electrons. The van der Waals surface area contributed by atoms with Crippen LogP contribution in [0.15, 0.2) is 6.20 Å². The molecule has 0 amide bonds. The molecule has 2 fully saturated rings. The number of aromatic nitrogens is 4. The van der Waals surface area contributed by atoms with Crippen molar-refractivity contribution in [1.29, 1.82) is 0 Å². The van der Waals surface area contributed by atoms with Gasteiger partial charge in [-0.3, -0.25) is 0 Å². The van der Waals surface area contributed by atoms with Gasteiger partial charge in [-0.15, -0.1) is 16.4 Å². The van der Waals surface area contributed by atoms with E-state index in [9.17, 15) is 5.11 Å². The number of hydrogen-bond donors (Lipinski definition) is 1. The average molecular weight is 322 g/mol. The minimum Gasteiger partial charge on any atom is -0.378 e. The van der Waals surface area contributed by atoms with E-state index in [0.29, 0.717) is 25.3 Å². The van der Waals surface area contributed by atoms with E-state index in [1.165, 1.54) is 0 Å². The Kier molecular flexibility index (Phi) is 3.30. The summed E-state index contributed by atoms with van der Waals surface area (Å²) in [6.45, 7) is 5.13. The van der Waals surface area contributed by atoms with Crippen molar-refractivity contribution < 1.29 is 14.6 Å². The summed E-state index contributed by atoms with van der Waals surface area (Å²) in [4.78, 5) is 5.57. The molecule has 2 aromatic rings. The van der Waals surface area contributed by atoms with Crippen LogP contribution in [0.3, 0.4) is 0 Å². The summed E-state index contributed by atoms with van der Waals surface area (Å²) in [7, 11) is 0. The van der Waals surface area contributed by atoms with Gasteiger partial charge in [0.2, 0.25) is 0 Å². The van der Waals surface area contributed by atoms with Gasteiger partial charge in [-0.05, 0) is 26.7 Å². The number of hydrogen-bond acceptors (Lipinski definition) is 7. The van der Waals surface area contributed by atoms with Crippen molar-refractivity contribution in [3.8, 4) is 0 Å². The Morgan fingerprint density at radius 2 is 2.36 bits per heavy atom. The van der Waals surface area contributed by atoms with Crippen molar-refractivity contribution in [3.05, 3.63) is 27.5 Å². The lowest BCUT2D eigenvalue weighted by atomic mass is 9.90. The molecule has 0 aliphatic carbocycles. The molecule has 2 saturated heterocycles. The maximum absolute atomic E-state index is 10.9. The fourth-order valence-electron chi connectivity index (χ4n) is 3.04. The molecule has 3 atom stereocenters. The topological polar surface area (TPSA) is 82.3 Å². The van der Waals surface area contributed by atoms with Gasteiger partial charge in [0.25, 0.3) is 0 Å². The highest BCUT2D eigenvalue weighted by Crippen LogP contribution is 2.40. The zero-order valence-electron chi connectivity index (χ0n) is 12.5. The van der Waals surface area contributed by atoms with E-state index in [1.807, 2.05) is 13.8 Å². The van der Waals surface area contributed by atoms with Gasteiger partial charge in [0.05, 0.1) is 36.2 Å². The van der Waals surface area contributed by atoms with Gasteiger partial charge >= 0.3 is 0 Å². The molecule has 7 nitrogen and oxygen atoms in total. The molecular weight excluding hydrogens is 304 g/mol. The third-order valence-electron chi connectivity index (χ3n) is 4.27. The molecule has 0 aromatic carbocycles. The number of aryl methyl sites for hydroxylation is 2. The standard InChI is InChI=1S/C14H18N4O3S/c1-8-11(22-9(2)15-8)5-18-6-12(16-17-18)14(19)4-3-10-7-20-13(14)21-10/h6,10,13,19H,3-5,7H2,1-2H3/t10-,13+,14?/m0/s1. The number of thiazole rings is 1. The summed E-state index contributed by atoms with van der Waals surface area (Å²) in [5, 5.41) is 20.2. The van der Waals surface area contributed by atoms with Gasteiger partial charge in [0.1, 0.15) is 5.69 Å². The van der Waals surface area contributed by atoms with Crippen LogP contribution in [-0.4, -0.2) is 44.1 Å². The van der Waals surface area contributed by atoms with Crippen molar-refractivity contribution in [2.45, 2.75) is 51.2 Å². The molecule has 1 unspecified atom stereocenters. The van der Waals surface area contributed by atoms with Crippen LogP contribution < -0.4 is 0 Å². The van der Waals surface area contributed by atoms with Crippen molar-refractivity contribution in [3.63, 3.8) is 0 Å². The molecular formula is C14H18N4O3S. The van der Waals surface area contributed by atoms with Gasteiger partial charge in [-0.25, -0.2) is 9.67 Å². The Labute approximate surface area is 131 Å². The number of rotatable bonds is 3. The third kappa shape index (κ3) is 2.26. The van der Waals surface area contributed by atoms with Crippen LogP contribution in [0.1, 0.15) is 34.1 Å². The quantitative estimate of drug-likeness (QED) is 0.912. The Bertz CT molecular complexity index is 700. The molecule has 8 heteroatoms. The fourth-order valence-corrected chi connectivity index (χ4v) is 3.97. The van der Waals surface area contributed by atoms with Crippen molar-refractivity contribution >= 4 is 11.3 Å². The van der Waals surface area contributed by atoms with Crippen LogP contribution in [0.5, 0.6) is 0 Å². The summed E-state index contributed by atoms with van der Waals surface area (Å²) in [6, 6.07) is 0. The van der Waals surface area contributed by atoms with Gasteiger partial charge < -0.3 is 14.6 Å². The average Bonchev–Trinajstić information content (AvgIpc) is 3.17. The molecule has 2 aromatic heterocycles. The SMILES string of the molecule is Cc1nc(C)c(Cn2cc(C3(O)CC[C@H]4CO[C@@H]3O4)nn2)s1. The van der Waals surface area contributed by atoms with Crippen LogP contribution in [0, 0.1) is 13.8 Å². The predicted octanol–water partition coefficient (Wildman–Crippen LogP) is 1.12. The van der Waals surface area contributed by atoms with E-state index >= 15 is 0 Å². The van der Waals surface area contributed by atoms with Gasteiger partial charge in [-0.2, -0.15) is 0 Å². The van der Waals surface area contributed by atoms with E-state index < -0.39 is 11.9 Å². The van der Waals surface area contributed by atoms with Gasteiger partial charge in [0.15, 0.2) is 11.9 Å². The van der Waals surface area contributed by atoms with Crippen LogP contribution in [0.2, 0.25) is 0 Å². The van der Waals surface area contributed by atoms with Crippen molar-refractivity contribution in [1.82, 2.24) is 20.0 Å². The highest BCUT2D eigenvalue weighted by Gasteiger charge is 2.51. The van der Waals surface area contributed by atoms with Crippen LogP contribution >= 0.6 is 11.3 Å². The second kappa shape index (κ2) is 5.09.